The summed E-state index contributed by atoms with van der Waals surface area (Å²) in [5.41, 5.74) is 0.787. The van der Waals surface area contributed by atoms with Gasteiger partial charge in [-0.2, -0.15) is 0 Å². The summed E-state index contributed by atoms with van der Waals surface area (Å²) in [7, 11) is 1.53. The molecule has 1 unspecified atom stereocenters. The molecule has 0 aromatic heterocycles. The van der Waals surface area contributed by atoms with Crippen molar-refractivity contribution < 1.29 is 29.5 Å². The standard InChI is InChI=1S/C15H19N3O5/c1-9-14(10(2)19)18(22)13-8-11(4-5-12(13)17(9)21)15(20)16-6-7-23-3/h4-5,8-9,21H,6-7H2,1-3H3,(H-,16,19,20,22)/p+1. The van der Waals surface area contributed by atoms with Crippen LogP contribution in [0.5, 0.6) is 0 Å². The number of ketones is 1. The van der Waals surface area contributed by atoms with Crippen molar-refractivity contribution in [3.8, 4) is 0 Å². The van der Waals surface area contributed by atoms with Crippen LogP contribution >= 0.6 is 0 Å². The summed E-state index contributed by atoms with van der Waals surface area (Å²) in [6.45, 7) is 3.62. The van der Waals surface area contributed by atoms with Crippen LogP contribution in [0.2, 0.25) is 0 Å². The topological polar surface area (TPSA) is 102 Å². The fourth-order valence-electron chi connectivity index (χ4n) is 2.47. The van der Waals surface area contributed by atoms with E-state index in [-0.39, 0.29) is 23.1 Å². The van der Waals surface area contributed by atoms with Crippen molar-refractivity contribution in [3.05, 3.63) is 23.8 Å². The quantitative estimate of drug-likeness (QED) is 0.419. The van der Waals surface area contributed by atoms with Gasteiger partial charge in [0.15, 0.2) is 0 Å². The van der Waals surface area contributed by atoms with E-state index >= 15 is 0 Å². The Morgan fingerprint density at radius 2 is 2.13 bits per heavy atom. The zero-order valence-corrected chi connectivity index (χ0v) is 13.2. The number of carbonyl (C=O) groups is 2. The van der Waals surface area contributed by atoms with Crippen molar-refractivity contribution >= 4 is 28.8 Å². The van der Waals surface area contributed by atoms with Gasteiger partial charge in [0, 0.05) is 36.9 Å². The van der Waals surface area contributed by atoms with E-state index in [1.807, 2.05) is 0 Å². The largest absolute Gasteiger partial charge is 0.383 e. The summed E-state index contributed by atoms with van der Waals surface area (Å²) in [4.78, 5) is 23.8. The third-order valence-corrected chi connectivity index (χ3v) is 3.66. The predicted molar refractivity (Wildman–Crippen MR) is 81.8 cm³/mol. The first-order valence-electron chi connectivity index (χ1n) is 7.14. The van der Waals surface area contributed by atoms with E-state index in [2.05, 4.69) is 5.32 Å². The highest BCUT2D eigenvalue weighted by molar-refractivity contribution is 6.39. The van der Waals surface area contributed by atoms with Gasteiger partial charge in [-0.1, -0.05) is 0 Å². The number of anilines is 1. The smallest absolute Gasteiger partial charge is 0.301 e. The molecule has 1 amide bonds. The molecule has 0 aliphatic carbocycles. The zero-order chi connectivity index (χ0) is 17.1. The monoisotopic (exact) mass is 322 g/mol. The maximum atomic E-state index is 12.1. The van der Waals surface area contributed by atoms with Gasteiger partial charge in [-0.3, -0.25) is 20.0 Å². The Hall–Kier alpha value is -2.45. The third kappa shape index (κ3) is 3.17. The van der Waals surface area contributed by atoms with Crippen molar-refractivity contribution in [1.82, 2.24) is 5.32 Å². The Labute approximate surface area is 133 Å². The number of amides is 1. The Morgan fingerprint density at radius 3 is 2.74 bits per heavy atom. The maximum absolute atomic E-state index is 12.1. The molecule has 0 bridgehead atoms. The molecule has 1 aliphatic heterocycles. The van der Waals surface area contributed by atoms with E-state index in [0.29, 0.717) is 24.4 Å². The van der Waals surface area contributed by atoms with Crippen LogP contribution < -0.4 is 10.4 Å². The number of hydroxylamine groups is 1. The van der Waals surface area contributed by atoms with Gasteiger partial charge in [0.2, 0.25) is 5.78 Å². The average molecular weight is 322 g/mol. The molecule has 0 radical (unpaired) electrons. The molecule has 124 valence electrons. The van der Waals surface area contributed by atoms with E-state index in [1.54, 1.807) is 6.92 Å². The second-order valence-corrected chi connectivity index (χ2v) is 5.23. The van der Waals surface area contributed by atoms with Crippen molar-refractivity contribution in [2.45, 2.75) is 19.9 Å². The molecule has 0 spiro atoms. The van der Waals surface area contributed by atoms with E-state index < -0.39 is 6.04 Å². The summed E-state index contributed by atoms with van der Waals surface area (Å²) in [5, 5.41) is 24.0. The lowest BCUT2D eigenvalue weighted by Crippen LogP contribution is -2.47. The van der Waals surface area contributed by atoms with Gasteiger partial charge < -0.3 is 10.1 Å². The fourth-order valence-corrected chi connectivity index (χ4v) is 2.47. The summed E-state index contributed by atoms with van der Waals surface area (Å²) in [6, 6.07) is 3.75. The predicted octanol–water partition coefficient (Wildman–Crippen LogP) is 0.724. The van der Waals surface area contributed by atoms with Crippen LogP contribution in [0, 0.1) is 0 Å². The minimum atomic E-state index is -0.702. The Balaban J connectivity index is 2.40. The number of hydrogen-bond donors (Lipinski definition) is 3. The maximum Gasteiger partial charge on any atom is 0.301 e. The number of hydrogen-bond acceptors (Lipinski definition) is 6. The van der Waals surface area contributed by atoms with Gasteiger partial charge >= 0.3 is 5.71 Å². The van der Waals surface area contributed by atoms with Crippen LogP contribution in [0.1, 0.15) is 24.2 Å². The van der Waals surface area contributed by atoms with Gasteiger partial charge in [-0.05, 0) is 19.1 Å². The first-order valence-corrected chi connectivity index (χ1v) is 7.14. The van der Waals surface area contributed by atoms with Crippen molar-refractivity contribution in [2.75, 3.05) is 25.3 Å². The number of benzene rings is 1. The molecule has 8 nitrogen and oxygen atoms in total. The van der Waals surface area contributed by atoms with Crippen LogP contribution in [-0.4, -0.2) is 58.9 Å². The second-order valence-electron chi connectivity index (χ2n) is 5.23. The van der Waals surface area contributed by atoms with Crippen molar-refractivity contribution in [3.63, 3.8) is 0 Å². The van der Waals surface area contributed by atoms with E-state index in [4.69, 9.17) is 4.74 Å². The molecule has 23 heavy (non-hydrogen) atoms. The highest BCUT2D eigenvalue weighted by Gasteiger charge is 2.41. The fraction of sp³-hybridized carbons (Fsp3) is 0.400. The molecule has 1 atom stereocenters. The number of fused-ring (bicyclic) bond motifs is 1. The lowest BCUT2D eigenvalue weighted by Gasteiger charge is -2.26. The minimum Gasteiger partial charge on any atom is -0.383 e. The SMILES string of the molecule is COCCNC(=O)c1ccc2c(c1)[N+](O)=C(C(C)=O)C(C)N2O. The van der Waals surface area contributed by atoms with Crippen LogP contribution in [0.3, 0.4) is 0 Å². The lowest BCUT2D eigenvalue weighted by atomic mass is 10.0. The lowest BCUT2D eigenvalue weighted by molar-refractivity contribution is -0.713. The molecule has 0 saturated carbocycles. The molecule has 0 fully saturated rings. The minimum absolute atomic E-state index is 0.0249. The average Bonchev–Trinajstić information content (AvgIpc) is 2.52. The van der Waals surface area contributed by atoms with Crippen LogP contribution in [0.15, 0.2) is 18.2 Å². The Kier molecular flexibility index (Phi) is 4.97. The van der Waals surface area contributed by atoms with Crippen LogP contribution in [0.4, 0.5) is 11.4 Å². The van der Waals surface area contributed by atoms with Gasteiger partial charge in [0.1, 0.15) is 11.7 Å². The highest BCUT2D eigenvalue weighted by atomic mass is 16.5. The van der Waals surface area contributed by atoms with Gasteiger partial charge in [-0.25, -0.2) is 5.06 Å². The molecular weight excluding hydrogens is 302 g/mol. The van der Waals surface area contributed by atoms with Gasteiger partial charge in [0.05, 0.1) is 6.61 Å². The molecule has 0 saturated heterocycles. The molecule has 1 aliphatic rings. The number of ether oxygens (including phenoxy) is 1. The van der Waals surface area contributed by atoms with Crippen LogP contribution in [0.25, 0.3) is 0 Å². The van der Waals surface area contributed by atoms with Crippen molar-refractivity contribution in [1.29, 1.82) is 0 Å². The molecule has 2 rings (SSSR count). The Bertz CT molecular complexity index is 671. The Morgan fingerprint density at radius 1 is 1.43 bits per heavy atom. The summed E-state index contributed by atoms with van der Waals surface area (Å²) < 4.78 is 5.58. The third-order valence-electron chi connectivity index (χ3n) is 3.66. The normalized spacial score (nSPS) is 17.0. The summed E-state index contributed by atoms with van der Waals surface area (Å²) >= 11 is 0. The molecule has 1 heterocycles. The van der Waals surface area contributed by atoms with E-state index in [0.717, 1.165) is 9.80 Å². The zero-order valence-electron chi connectivity index (χ0n) is 13.2. The van der Waals surface area contributed by atoms with Crippen LogP contribution in [-0.2, 0) is 9.53 Å². The first-order chi connectivity index (χ1) is 10.9. The molecular formula is C15H20N3O5+. The molecule has 8 heteroatoms. The van der Waals surface area contributed by atoms with Crippen molar-refractivity contribution in [2.24, 2.45) is 0 Å². The summed E-state index contributed by atoms with van der Waals surface area (Å²) in [6.07, 6.45) is 0. The van der Waals surface area contributed by atoms with Gasteiger partial charge in [0.25, 0.3) is 11.6 Å². The van der Waals surface area contributed by atoms with E-state index in [1.165, 1.54) is 32.2 Å². The number of nitrogens with zero attached hydrogens (tertiary/aromatic N) is 2. The molecule has 1 aromatic rings. The molecule has 3 N–H and O–H groups in total. The second kappa shape index (κ2) is 6.76. The summed E-state index contributed by atoms with van der Waals surface area (Å²) in [5.74, 6) is -0.717. The van der Waals surface area contributed by atoms with E-state index in [9.17, 15) is 20.0 Å². The highest BCUT2D eigenvalue weighted by Crippen LogP contribution is 2.33. The number of methoxy groups -OCH3 is 1. The molecule has 1 aromatic carbocycles. The van der Waals surface area contributed by atoms with Gasteiger partial charge in [-0.15, -0.1) is 0 Å². The first kappa shape index (κ1) is 16.9. The number of carbonyl (C=O) groups excluding carboxylic acids is 2. The number of Topliss-reactive ketones (excluding diaryl/α,β-unsaturated/α-hetero) is 1. The number of rotatable bonds is 5. The number of nitrogens with one attached hydrogen (secondary N) is 1.